The maximum Gasteiger partial charge on any atom is 0.276 e. The monoisotopic (exact) mass is 134 g/mol. The third kappa shape index (κ3) is 1.25. The molecule has 3 heteroatoms. The number of hydrogen-bond acceptors (Lipinski definition) is 2. The Bertz CT molecular complexity index is 243. The lowest BCUT2D eigenvalue weighted by Gasteiger charge is -1.89. The molecule has 0 saturated heterocycles. The first-order valence-electron chi connectivity index (χ1n) is 2.75. The molecule has 0 spiro atoms. The van der Waals surface area contributed by atoms with Crippen molar-refractivity contribution in [2.75, 3.05) is 0 Å². The van der Waals surface area contributed by atoms with Crippen LogP contribution in [0.5, 0.6) is 0 Å². The molecular weight excluding hydrogens is 128 g/mol. The molecule has 0 unspecified atom stereocenters. The van der Waals surface area contributed by atoms with Crippen LogP contribution in [-0.2, 0) is 0 Å². The summed E-state index contributed by atoms with van der Waals surface area (Å²) in [6, 6.07) is 3.19. The minimum atomic E-state index is -0.317. The highest BCUT2D eigenvalue weighted by Gasteiger charge is 1.98. The highest BCUT2D eigenvalue weighted by molar-refractivity contribution is 5.96. The Morgan fingerprint density at radius 2 is 2.10 bits per heavy atom. The molecule has 3 nitrogen and oxygen atoms in total. The van der Waals surface area contributed by atoms with E-state index >= 15 is 0 Å². The van der Waals surface area contributed by atoms with Crippen LogP contribution < -0.4 is 0 Å². The van der Waals surface area contributed by atoms with Crippen molar-refractivity contribution >= 4 is 12.6 Å². The van der Waals surface area contributed by atoms with E-state index in [1.807, 2.05) is 0 Å². The normalized spacial score (nSPS) is 8.80. The van der Waals surface area contributed by atoms with E-state index in [-0.39, 0.29) is 5.91 Å². The standard InChI is InChI=1S/C7H6N2O/c1-8-7(10)6-2-4-9-5-3-6/h2-5H,1H2. The predicted molar refractivity (Wildman–Crippen MR) is 38.1 cm³/mol. The molecule has 0 bridgehead atoms. The van der Waals surface area contributed by atoms with Gasteiger partial charge in [0.05, 0.1) is 0 Å². The van der Waals surface area contributed by atoms with Gasteiger partial charge in [0.1, 0.15) is 0 Å². The lowest BCUT2D eigenvalue weighted by Crippen LogP contribution is -1.92. The van der Waals surface area contributed by atoms with E-state index in [9.17, 15) is 4.79 Å². The van der Waals surface area contributed by atoms with E-state index in [1.165, 1.54) is 0 Å². The van der Waals surface area contributed by atoms with Crippen molar-refractivity contribution in [2.45, 2.75) is 0 Å². The molecule has 0 atom stereocenters. The fourth-order valence-electron chi connectivity index (χ4n) is 0.586. The van der Waals surface area contributed by atoms with Crippen LogP contribution in [0.15, 0.2) is 29.5 Å². The fourth-order valence-corrected chi connectivity index (χ4v) is 0.586. The van der Waals surface area contributed by atoms with E-state index in [1.54, 1.807) is 24.5 Å². The van der Waals surface area contributed by atoms with Crippen molar-refractivity contribution in [3.05, 3.63) is 30.1 Å². The van der Waals surface area contributed by atoms with E-state index in [4.69, 9.17) is 0 Å². The summed E-state index contributed by atoms with van der Waals surface area (Å²) in [5, 5.41) is 0. The molecule has 10 heavy (non-hydrogen) atoms. The van der Waals surface area contributed by atoms with Crippen LogP contribution >= 0.6 is 0 Å². The number of pyridine rings is 1. The summed E-state index contributed by atoms with van der Waals surface area (Å²) < 4.78 is 0. The number of aromatic nitrogens is 1. The number of nitrogens with zero attached hydrogens (tertiary/aromatic N) is 2. The average Bonchev–Trinajstić information content (AvgIpc) is 2.05. The highest BCUT2D eigenvalue weighted by atomic mass is 16.1. The van der Waals surface area contributed by atoms with Crippen LogP contribution in [-0.4, -0.2) is 17.6 Å². The minimum absolute atomic E-state index is 0.317. The lowest BCUT2D eigenvalue weighted by atomic mass is 10.3. The van der Waals surface area contributed by atoms with Gasteiger partial charge in [-0.25, -0.2) is 4.99 Å². The largest absolute Gasteiger partial charge is 0.276 e. The number of rotatable bonds is 1. The summed E-state index contributed by atoms with van der Waals surface area (Å²) in [6.45, 7) is 3.12. The molecule has 50 valence electrons. The predicted octanol–water partition coefficient (Wildman–Crippen LogP) is 0.922. The summed E-state index contributed by atoms with van der Waals surface area (Å²) in [7, 11) is 0. The topological polar surface area (TPSA) is 42.3 Å². The average molecular weight is 134 g/mol. The molecule has 1 aromatic rings. The van der Waals surface area contributed by atoms with E-state index in [2.05, 4.69) is 16.7 Å². The smallest absolute Gasteiger partial charge is 0.267 e. The van der Waals surface area contributed by atoms with Gasteiger partial charge in [-0.05, 0) is 18.9 Å². The number of aliphatic imine (C=N–C) groups is 1. The van der Waals surface area contributed by atoms with Gasteiger partial charge in [-0.2, -0.15) is 0 Å². The van der Waals surface area contributed by atoms with Gasteiger partial charge in [0.15, 0.2) is 0 Å². The zero-order valence-corrected chi connectivity index (χ0v) is 5.32. The summed E-state index contributed by atoms with van der Waals surface area (Å²) in [6.07, 6.45) is 3.08. The Morgan fingerprint density at radius 3 is 2.60 bits per heavy atom. The van der Waals surface area contributed by atoms with Gasteiger partial charge in [-0.15, -0.1) is 0 Å². The second-order valence-electron chi connectivity index (χ2n) is 1.70. The van der Waals surface area contributed by atoms with E-state index in [0.717, 1.165) is 0 Å². The molecule has 0 aliphatic carbocycles. The van der Waals surface area contributed by atoms with Crippen molar-refractivity contribution in [1.82, 2.24) is 4.98 Å². The van der Waals surface area contributed by atoms with Gasteiger partial charge in [0.25, 0.3) is 5.91 Å². The molecule has 1 amide bonds. The van der Waals surface area contributed by atoms with Crippen molar-refractivity contribution in [3.63, 3.8) is 0 Å². The summed E-state index contributed by atoms with van der Waals surface area (Å²) in [5.74, 6) is -0.317. The summed E-state index contributed by atoms with van der Waals surface area (Å²) in [4.78, 5) is 17.7. The number of carbonyl (C=O) groups is 1. The summed E-state index contributed by atoms with van der Waals surface area (Å²) >= 11 is 0. The molecule has 1 aromatic heterocycles. The fraction of sp³-hybridized carbons (Fsp3) is 0. The molecule has 0 radical (unpaired) electrons. The maximum atomic E-state index is 10.8. The van der Waals surface area contributed by atoms with Gasteiger partial charge in [-0.3, -0.25) is 9.78 Å². The Hall–Kier alpha value is -1.51. The quantitative estimate of drug-likeness (QED) is 0.536. The second kappa shape index (κ2) is 2.87. The molecule has 0 N–H and O–H groups in total. The third-order valence-corrected chi connectivity index (χ3v) is 1.07. The van der Waals surface area contributed by atoms with E-state index < -0.39 is 0 Å². The second-order valence-corrected chi connectivity index (χ2v) is 1.70. The van der Waals surface area contributed by atoms with Crippen LogP contribution in [0.3, 0.4) is 0 Å². The van der Waals surface area contributed by atoms with Crippen LogP contribution in [0.25, 0.3) is 0 Å². The number of hydrogen-bond donors (Lipinski definition) is 0. The zero-order chi connectivity index (χ0) is 7.40. The van der Waals surface area contributed by atoms with Crippen LogP contribution in [0.4, 0.5) is 0 Å². The third-order valence-electron chi connectivity index (χ3n) is 1.07. The first kappa shape index (κ1) is 6.61. The Labute approximate surface area is 58.4 Å². The molecule has 0 aliphatic rings. The maximum absolute atomic E-state index is 10.8. The van der Waals surface area contributed by atoms with E-state index in [0.29, 0.717) is 5.56 Å². The van der Waals surface area contributed by atoms with Crippen molar-refractivity contribution < 1.29 is 4.79 Å². The van der Waals surface area contributed by atoms with Gasteiger partial charge in [0, 0.05) is 18.0 Å². The van der Waals surface area contributed by atoms with Gasteiger partial charge in [0.2, 0.25) is 0 Å². The summed E-state index contributed by atoms with van der Waals surface area (Å²) in [5.41, 5.74) is 0.519. The van der Waals surface area contributed by atoms with Crippen molar-refractivity contribution in [1.29, 1.82) is 0 Å². The lowest BCUT2D eigenvalue weighted by molar-refractivity contribution is 0.100. The van der Waals surface area contributed by atoms with Crippen molar-refractivity contribution in [2.24, 2.45) is 4.99 Å². The Kier molecular flexibility index (Phi) is 1.89. The molecule has 0 saturated carbocycles. The number of carbonyl (C=O) groups excluding carboxylic acids is 1. The van der Waals surface area contributed by atoms with Crippen LogP contribution in [0.1, 0.15) is 10.4 Å². The first-order chi connectivity index (χ1) is 4.84. The minimum Gasteiger partial charge on any atom is -0.267 e. The molecule has 1 rings (SSSR count). The Morgan fingerprint density at radius 1 is 1.50 bits per heavy atom. The molecule has 0 fully saturated rings. The van der Waals surface area contributed by atoms with Crippen LogP contribution in [0.2, 0.25) is 0 Å². The highest BCUT2D eigenvalue weighted by Crippen LogP contribution is 1.96. The molecular formula is C7H6N2O. The molecule has 0 aromatic carbocycles. The van der Waals surface area contributed by atoms with Gasteiger partial charge in [-0.1, -0.05) is 0 Å². The molecule has 0 aliphatic heterocycles. The van der Waals surface area contributed by atoms with Crippen LogP contribution in [0, 0.1) is 0 Å². The molecule has 1 heterocycles. The Balaban J connectivity index is 2.95. The van der Waals surface area contributed by atoms with Crippen molar-refractivity contribution in [3.8, 4) is 0 Å². The zero-order valence-electron chi connectivity index (χ0n) is 5.32. The SMILES string of the molecule is C=NC(=O)c1ccncc1. The van der Waals surface area contributed by atoms with Gasteiger partial charge < -0.3 is 0 Å². The first-order valence-corrected chi connectivity index (χ1v) is 2.75. The number of amides is 1. The van der Waals surface area contributed by atoms with Gasteiger partial charge >= 0.3 is 0 Å².